The third-order valence-corrected chi connectivity index (χ3v) is 4.25. The summed E-state index contributed by atoms with van der Waals surface area (Å²) in [6.45, 7) is 8.51. The number of amides is 1. The Kier molecular flexibility index (Phi) is 6.40. The Morgan fingerprint density at radius 2 is 2.26 bits per heavy atom. The molecular weight excluding hydrogens is 308 g/mol. The van der Waals surface area contributed by atoms with Crippen LogP contribution in [0.2, 0.25) is 0 Å². The average molecular weight is 330 g/mol. The van der Waals surface area contributed by atoms with Crippen LogP contribution in [0.3, 0.4) is 0 Å². The molecule has 5 nitrogen and oxygen atoms in total. The van der Waals surface area contributed by atoms with Crippen molar-refractivity contribution in [3.63, 3.8) is 0 Å². The molecule has 2 rings (SSSR count). The molecule has 1 aromatic carbocycles. The molecule has 2 aromatic rings. The summed E-state index contributed by atoms with van der Waals surface area (Å²) in [5.74, 6) is 1.61. The fraction of sp³-hybridized carbons (Fsp3) is 0.353. The number of thioether (sulfide) groups is 1. The van der Waals surface area contributed by atoms with Gasteiger partial charge in [0.15, 0.2) is 5.16 Å². The van der Waals surface area contributed by atoms with Crippen LogP contribution in [0.25, 0.3) is 0 Å². The lowest BCUT2D eigenvalue weighted by atomic mass is 10.2. The Labute approximate surface area is 141 Å². The summed E-state index contributed by atoms with van der Waals surface area (Å²) < 4.78 is 2.04. The van der Waals surface area contributed by atoms with Crippen molar-refractivity contribution in [1.29, 1.82) is 0 Å². The Bertz CT molecular complexity index is 681. The van der Waals surface area contributed by atoms with E-state index in [1.54, 1.807) is 11.8 Å². The molecule has 0 fully saturated rings. The molecule has 1 heterocycles. The number of carbonyl (C=O) groups excluding carboxylic acids is 1. The molecule has 0 aliphatic carbocycles. The van der Waals surface area contributed by atoms with E-state index < -0.39 is 0 Å². The highest BCUT2D eigenvalue weighted by Gasteiger charge is 2.11. The molecule has 0 aliphatic heterocycles. The summed E-state index contributed by atoms with van der Waals surface area (Å²) in [5, 5.41) is 12.1. The predicted octanol–water partition coefficient (Wildman–Crippen LogP) is 3.46. The number of allylic oxidation sites excluding steroid dienone is 1. The first-order chi connectivity index (χ1) is 11.1. The van der Waals surface area contributed by atoms with E-state index in [2.05, 4.69) is 22.1 Å². The van der Waals surface area contributed by atoms with Crippen LogP contribution in [0.5, 0.6) is 0 Å². The van der Waals surface area contributed by atoms with Crippen molar-refractivity contribution in [2.45, 2.75) is 38.4 Å². The Hall–Kier alpha value is -2.08. The molecule has 6 heteroatoms. The normalized spacial score (nSPS) is 10.5. The topological polar surface area (TPSA) is 59.8 Å². The number of benzene rings is 1. The van der Waals surface area contributed by atoms with Gasteiger partial charge in [0.25, 0.3) is 0 Å². The van der Waals surface area contributed by atoms with E-state index in [9.17, 15) is 4.79 Å². The lowest BCUT2D eigenvalue weighted by molar-refractivity contribution is -0.115. The van der Waals surface area contributed by atoms with Gasteiger partial charge in [0.05, 0.1) is 0 Å². The van der Waals surface area contributed by atoms with Crippen LogP contribution in [-0.4, -0.2) is 26.4 Å². The Morgan fingerprint density at radius 1 is 1.43 bits per heavy atom. The summed E-state index contributed by atoms with van der Waals surface area (Å²) in [4.78, 5) is 12.0. The van der Waals surface area contributed by atoms with Gasteiger partial charge < -0.3 is 9.88 Å². The second-order valence-electron chi connectivity index (χ2n) is 5.17. The van der Waals surface area contributed by atoms with Gasteiger partial charge in [0.1, 0.15) is 5.82 Å². The molecule has 0 saturated heterocycles. The number of aromatic nitrogens is 3. The predicted molar refractivity (Wildman–Crippen MR) is 94.7 cm³/mol. The number of hydrogen-bond acceptors (Lipinski definition) is 4. The van der Waals surface area contributed by atoms with Gasteiger partial charge in [-0.25, -0.2) is 0 Å². The van der Waals surface area contributed by atoms with E-state index in [1.807, 2.05) is 48.8 Å². The maximum absolute atomic E-state index is 12.0. The monoisotopic (exact) mass is 330 g/mol. The van der Waals surface area contributed by atoms with E-state index in [-0.39, 0.29) is 5.91 Å². The van der Waals surface area contributed by atoms with Gasteiger partial charge in [-0.2, -0.15) is 0 Å². The molecule has 0 aliphatic rings. The van der Waals surface area contributed by atoms with Crippen molar-refractivity contribution in [3.8, 4) is 0 Å². The zero-order chi connectivity index (χ0) is 16.7. The first-order valence-corrected chi connectivity index (χ1v) is 8.65. The number of nitrogens with one attached hydrogen (secondary N) is 1. The van der Waals surface area contributed by atoms with Gasteiger partial charge in [-0.3, -0.25) is 4.79 Å². The van der Waals surface area contributed by atoms with Crippen molar-refractivity contribution >= 4 is 23.4 Å². The Morgan fingerprint density at radius 3 is 2.96 bits per heavy atom. The van der Waals surface area contributed by atoms with Crippen LogP contribution in [0.1, 0.15) is 24.7 Å². The van der Waals surface area contributed by atoms with Crippen LogP contribution < -0.4 is 5.32 Å². The van der Waals surface area contributed by atoms with Gasteiger partial charge in [-0.1, -0.05) is 36.9 Å². The summed E-state index contributed by atoms with van der Waals surface area (Å²) in [6.07, 6.45) is 3.09. The highest BCUT2D eigenvalue weighted by atomic mass is 32.2. The maximum atomic E-state index is 12.0. The van der Waals surface area contributed by atoms with E-state index >= 15 is 0 Å². The number of nitrogens with zero attached hydrogens (tertiary/aromatic N) is 3. The largest absolute Gasteiger partial charge is 0.326 e. The SMILES string of the molecule is C=CCn1c(CC)nnc1SCCC(=O)Nc1cccc(C)c1. The smallest absolute Gasteiger partial charge is 0.225 e. The van der Waals surface area contributed by atoms with Crippen LogP contribution >= 0.6 is 11.8 Å². The second kappa shape index (κ2) is 8.53. The average Bonchev–Trinajstić information content (AvgIpc) is 2.90. The van der Waals surface area contributed by atoms with Crippen molar-refractivity contribution < 1.29 is 4.79 Å². The molecule has 0 spiro atoms. The lowest BCUT2D eigenvalue weighted by Gasteiger charge is -2.07. The quantitative estimate of drug-likeness (QED) is 0.595. The number of rotatable bonds is 8. The molecule has 0 atom stereocenters. The summed E-state index contributed by atoms with van der Waals surface area (Å²) in [6, 6.07) is 7.79. The molecule has 0 saturated carbocycles. The molecule has 0 radical (unpaired) electrons. The number of carbonyl (C=O) groups is 1. The van der Waals surface area contributed by atoms with Crippen LogP contribution in [0.4, 0.5) is 5.69 Å². The lowest BCUT2D eigenvalue weighted by Crippen LogP contribution is -2.12. The first kappa shape index (κ1) is 17.3. The van der Waals surface area contributed by atoms with Gasteiger partial charge in [-0.15, -0.1) is 16.8 Å². The molecule has 0 unspecified atom stereocenters. The zero-order valence-electron chi connectivity index (χ0n) is 13.6. The second-order valence-corrected chi connectivity index (χ2v) is 6.23. The summed E-state index contributed by atoms with van der Waals surface area (Å²) in [5.41, 5.74) is 1.96. The number of anilines is 1. The van der Waals surface area contributed by atoms with E-state index in [0.29, 0.717) is 18.7 Å². The summed E-state index contributed by atoms with van der Waals surface area (Å²) >= 11 is 1.55. The molecule has 1 N–H and O–H groups in total. The fourth-order valence-electron chi connectivity index (χ4n) is 2.18. The third-order valence-electron chi connectivity index (χ3n) is 3.28. The van der Waals surface area contributed by atoms with E-state index in [0.717, 1.165) is 28.7 Å². The van der Waals surface area contributed by atoms with Gasteiger partial charge in [-0.05, 0) is 24.6 Å². The maximum Gasteiger partial charge on any atom is 0.225 e. The van der Waals surface area contributed by atoms with E-state index in [4.69, 9.17) is 0 Å². The molecule has 1 amide bonds. The van der Waals surface area contributed by atoms with Crippen molar-refractivity contribution in [2.24, 2.45) is 0 Å². The highest BCUT2D eigenvalue weighted by molar-refractivity contribution is 7.99. The minimum Gasteiger partial charge on any atom is -0.326 e. The Balaban J connectivity index is 1.86. The number of aryl methyl sites for hydroxylation is 2. The summed E-state index contributed by atoms with van der Waals surface area (Å²) in [7, 11) is 0. The van der Waals surface area contributed by atoms with Crippen LogP contribution in [0, 0.1) is 6.92 Å². The third kappa shape index (κ3) is 4.96. The van der Waals surface area contributed by atoms with Gasteiger partial charge in [0.2, 0.25) is 5.91 Å². The minimum atomic E-state index is 0.00796. The first-order valence-electron chi connectivity index (χ1n) is 7.66. The fourth-order valence-corrected chi connectivity index (χ4v) is 3.09. The zero-order valence-corrected chi connectivity index (χ0v) is 14.4. The van der Waals surface area contributed by atoms with Crippen LogP contribution in [-0.2, 0) is 17.8 Å². The molecule has 122 valence electrons. The molecule has 23 heavy (non-hydrogen) atoms. The van der Waals surface area contributed by atoms with Crippen molar-refractivity contribution in [2.75, 3.05) is 11.1 Å². The molecular formula is C17H22N4OS. The van der Waals surface area contributed by atoms with Gasteiger partial charge in [0, 0.05) is 30.8 Å². The van der Waals surface area contributed by atoms with Crippen molar-refractivity contribution in [3.05, 3.63) is 48.3 Å². The van der Waals surface area contributed by atoms with E-state index in [1.165, 1.54) is 0 Å². The molecule has 1 aromatic heterocycles. The van der Waals surface area contributed by atoms with Crippen molar-refractivity contribution in [1.82, 2.24) is 14.8 Å². The highest BCUT2D eigenvalue weighted by Crippen LogP contribution is 2.19. The minimum absolute atomic E-state index is 0.00796. The molecule has 0 bridgehead atoms. The number of hydrogen-bond donors (Lipinski definition) is 1. The van der Waals surface area contributed by atoms with Crippen LogP contribution in [0.15, 0.2) is 42.1 Å². The standard InChI is InChI=1S/C17H22N4OS/c1-4-10-21-15(5-2)19-20-17(21)23-11-9-16(22)18-14-8-6-7-13(3)12-14/h4,6-8,12H,1,5,9-11H2,2-3H3,(H,18,22). The van der Waals surface area contributed by atoms with Gasteiger partial charge >= 0.3 is 0 Å².